The van der Waals surface area contributed by atoms with Crippen molar-refractivity contribution in [2.24, 2.45) is 0 Å². The Bertz CT molecular complexity index is 433. The first-order valence-corrected chi connectivity index (χ1v) is 7.81. The van der Waals surface area contributed by atoms with E-state index in [2.05, 4.69) is 0 Å². The summed E-state index contributed by atoms with van der Waals surface area (Å²) in [6, 6.07) is -0.454. The minimum absolute atomic E-state index is 0.0585. The number of ether oxygens (including phenoxy) is 1. The standard InChI is InChI=1S/C15H25F3N2O3/c1-5-19(12(21)15(16,17)18)10-11-8-6-7-9-20(11)13(22)23-14(2,3)4/h11H,5-10H2,1-4H3/t11-/m0/s1. The van der Waals surface area contributed by atoms with Gasteiger partial charge in [-0.2, -0.15) is 13.2 Å². The van der Waals surface area contributed by atoms with Crippen molar-refractivity contribution in [3.8, 4) is 0 Å². The van der Waals surface area contributed by atoms with Gasteiger partial charge in [0.2, 0.25) is 0 Å². The second-order valence-corrected chi connectivity index (χ2v) is 6.66. The Labute approximate surface area is 134 Å². The van der Waals surface area contributed by atoms with Gasteiger partial charge in [0.25, 0.3) is 0 Å². The third kappa shape index (κ3) is 5.91. The largest absolute Gasteiger partial charge is 0.471 e. The lowest BCUT2D eigenvalue weighted by molar-refractivity contribution is -0.186. The summed E-state index contributed by atoms with van der Waals surface area (Å²) in [5, 5.41) is 0. The molecule has 2 amide bonds. The average Bonchev–Trinajstić information content (AvgIpc) is 2.41. The molecule has 0 unspecified atom stereocenters. The van der Waals surface area contributed by atoms with Gasteiger partial charge >= 0.3 is 18.2 Å². The molecule has 0 aromatic heterocycles. The van der Waals surface area contributed by atoms with E-state index in [4.69, 9.17) is 4.74 Å². The number of carbonyl (C=O) groups excluding carboxylic acids is 2. The summed E-state index contributed by atoms with van der Waals surface area (Å²) in [6.07, 6.45) is -3.31. The van der Waals surface area contributed by atoms with E-state index in [0.717, 1.165) is 17.7 Å². The second-order valence-electron chi connectivity index (χ2n) is 6.66. The summed E-state index contributed by atoms with van der Waals surface area (Å²) >= 11 is 0. The van der Waals surface area contributed by atoms with E-state index in [1.54, 1.807) is 20.8 Å². The van der Waals surface area contributed by atoms with E-state index < -0.39 is 29.8 Å². The molecule has 1 rings (SSSR count). The van der Waals surface area contributed by atoms with Gasteiger partial charge in [0.15, 0.2) is 0 Å². The molecule has 1 atom stereocenters. The van der Waals surface area contributed by atoms with Crippen molar-refractivity contribution in [2.45, 2.75) is 64.8 Å². The predicted octanol–water partition coefficient (Wildman–Crippen LogP) is 3.19. The summed E-state index contributed by atoms with van der Waals surface area (Å²) in [7, 11) is 0. The predicted molar refractivity (Wildman–Crippen MR) is 78.9 cm³/mol. The van der Waals surface area contributed by atoms with Gasteiger partial charge in [-0.05, 0) is 47.0 Å². The Morgan fingerprint density at radius 2 is 1.83 bits per heavy atom. The van der Waals surface area contributed by atoms with Crippen molar-refractivity contribution in [1.82, 2.24) is 9.80 Å². The fourth-order valence-electron chi connectivity index (χ4n) is 2.54. The molecule has 0 spiro atoms. The molecule has 0 saturated carbocycles. The number of hydrogen-bond acceptors (Lipinski definition) is 3. The molecule has 1 saturated heterocycles. The highest BCUT2D eigenvalue weighted by Crippen LogP contribution is 2.24. The van der Waals surface area contributed by atoms with E-state index >= 15 is 0 Å². The highest BCUT2D eigenvalue weighted by Gasteiger charge is 2.43. The topological polar surface area (TPSA) is 49.9 Å². The number of nitrogens with zero attached hydrogens (tertiary/aromatic N) is 2. The van der Waals surface area contributed by atoms with Gasteiger partial charge in [-0.1, -0.05) is 0 Å². The number of carbonyl (C=O) groups is 2. The van der Waals surface area contributed by atoms with Gasteiger partial charge in [-0.15, -0.1) is 0 Å². The summed E-state index contributed by atoms with van der Waals surface area (Å²) in [5.41, 5.74) is -0.675. The molecule has 1 aliphatic rings. The molecule has 0 N–H and O–H groups in total. The average molecular weight is 338 g/mol. The fourth-order valence-corrected chi connectivity index (χ4v) is 2.54. The highest BCUT2D eigenvalue weighted by atomic mass is 19.4. The molecule has 23 heavy (non-hydrogen) atoms. The SMILES string of the molecule is CCN(C[C@@H]1CCCCN1C(=O)OC(C)(C)C)C(=O)C(F)(F)F. The number of amides is 2. The number of likely N-dealkylation sites (N-methyl/N-ethyl adjacent to an activating group) is 1. The first kappa shape index (κ1) is 19.6. The summed E-state index contributed by atoms with van der Waals surface area (Å²) < 4.78 is 43.2. The van der Waals surface area contributed by atoms with Crippen LogP contribution < -0.4 is 0 Å². The molecule has 134 valence electrons. The Kier molecular flexibility index (Phi) is 6.30. The van der Waals surface area contributed by atoms with Crippen LogP contribution >= 0.6 is 0 Å². The van der Waals surface area contributed by atoms with E-state index in [9.17, 15) is 22.8 Å². The number of hydrogen-bond donors (Lipinski definition) is 0. The van der Waals surface area contributed by atoms with Crippen LogP contribution in [0, 0.1) is 0 Å². The molecule has 0 aliphatic carbocycles. The quantitative estimate of drug-likeness (QED) is 0.794. The van der Waals surface area contributed by atoms with Crippen LogP contribution in [-0.4, -0.2) is 59.3 Å². The number of likely N-dealkylation sites (tertiary alicyclic amines) is 1. The van der Waals surface area contributed by atoms with Crippen molar-refractivity contribution >= 4 is 12.0 Å². The monoisotopic (exact) mass is 338 g/mol. The smallest absolute Gasteiger partial charge is 0.444 e. The van der Waals surface area contributed by atoms with Crippen molar-refractivity contribution in [3.63, 3.8) is 0 Å². The Balaban J connectivity index is 2.81. The number of piperidine rings is 1. The van der Waals surface area contributed by atoms with Gasteiger partial charge in [0.1, 0.15) is 5.60 Å². The van der Waals surface area contributed by atoms with Crippen LogP contribution in [0.5, 0.6) is 0 Å². The zero-order valence-corrected chi connectivity index (χ0v) is 14.1. The molecule has 0 aromatic rings. The van der Waals surface area contributed by atoms with Crippen LogP contribution in [0.3, 0.4) is 0 Å². The molecule has 8 heteroatoms. The lowest BCUT2D eigenvalue weighted by atomic mass is 10.0. The first-order chi connectivity index (χ1) is 10.5. The highest BCUT2D eigenvalue weighted by molar-refractivity contribution is 5.82. The van der Waals surface area contributed by atoms with Gasteiger partial charge in [0, 0.05) is 19.6 Å². The van der Waals surface area contributed by atoms with Crippen LogP contribution in [0.1, 0.15) is 47.0 Å². The number of alkyl halides is 3. The van der Waals surface area contributed by atoms with Gasteiger partial charge < -0.3 is 14.5 Å². The maximum absolute atomic E-state index is 12.6. The van der Waals surface area contributed by atoms with Crippen molar-refractivity contribution in [1.29, 1.82) is 0 Å². The Morgan fingerprint density at radius 3 is 2.30 bits per heavy atom. The normalized spacial score (nSPS) is 19.4. The zero-order chi connectivity index (χ0) is 17.8. The third-order valence-electron chi connectivity index (χ3n) is 3.60. The molecule has 0 bridgehead atoms. The van der Waals surface area contributed by atoms with Gasteiger partial charge in [-0.25, -0.2) is 4.79 Å². The van der Waals surface area contributed by atoms with Crippen molar-refractivity contribution in [3.05, 3.63) is 0 Å². The zero-order valence-electron chi connectivity index (χ0n) is 14.1. The molecule has 0 aromatic carbocycles. The van der Waals surface area contributed by atoms with Crippen LogP contribution in [-0.2, 0) is 9.53 Å². The minimum atomic E-state index is -4.90. The van der Waals surface area contributed by atoms with Crippen molar-refractivity contribution in [2.75, 3.05) is 19.6 Å². The minimum Gasteiger partial charge on any atom is -0.444 e. The summed E-state index contributed by atoms with van der Waals surface area (Å²) in [4.78, 5) is 25.9. The van der Waals surface area contributed by atoms with Gasteiger partial charge in [0.05, 0.1) is 6.04 Å². The van der Waals surface area contributed by atoms with Crippen molar-refractivity contribution < 1.29 is 27.5 Å². The van der Waals surface area contributed by atoms with E-state index in [-0.39, 0.29) is 13.1 Å². The Hall–Kier alpha value is -1.47. The van der Waals surface area contributed by atoms with Gasteiger partial charge in [-0.3, -0.25) is 4.79 Å². The first-order valence-electron chi connectivity index (χ1n) is 7.81. The summed E-state index contributed by atoms with van der Waals surface area (Å²) in [5.74, 6) is -1.87. The molecule has 1 fully saturated rings. The number of halogens is 3. The fraction of sp³-hybridized carbons (Fsp3) is 0.867. The van der Waals surface area contributed by atoms with Crippen LogP contribution in [0.2, 0.25) is 0 Å². The maximum Gasteiger partial charge on any atom is 0.471 e. The summed E-state index contributed by atoms with van der Waals surface area (Å²) in [6.45, 7) is 6.92. The molecule has 1 aliphatic heterocycles. The van der Waals surface area contributed by atoms with Crippen LogP contribution in [0.25, 0.3) is 0 Å². The van der Waals surface area contributed by atoms with E-state index in [1.807, 2.05) is 0 Å². The lowest BCUT2D eigenvalue weighted by Gasteiger charge is -2.39. The number of rotatable bonds is 3. The molecule has 1 heterocycles. The molecular formula is C15H25F3N2O3. The molecular weight excluding hydrogens is 313 g/mol. The lowest BCUT2D eigenvalue weighted by Crippen LogP contribution is -2.53. The van der Waals surface area contributed by atoms with Crippen LogP contribution in [0.4, 0.5) is 18.0 Å². The second kappa shape index (κ2) is 7.40. The molecule has 0 radical (unpaired) electrons. The van der Waals surface area contributed by atoms with Crippen LogP contribution in [0.15, 0.2) is 0 Å². The molecule has 5 nitrogen and oxygen atoms in total. The maximum atomic E-state index is 12.6. The van der Waals surface area contributed by atoms with E-state index in [1.165, 1.54) is 11.8 Å². The Morgan fingerprint density at radius 1 is 1.22 bits per heavy atom. The van der Waals surface area contributed by atoms with E-state index in [0.29, 0.717) is 13.0 Å². The third-order valence-corrected chi connectivity index (χ3v) is 3.60.